The molecule has 1 unspecified atom stereocenters. The van der Waals surface area contributed by atoms with Crippen molar-refractivity contribution >= 4 is 15.9 Å². The van der Waals surface area contributed by atoms with Crippen molar-refractivity contribution in [3.8, 4) is 11.4 Å². The molecule has 1 N–H and O–H groups in total. The average molecular weight is 469 g/mol. The van der Waals surface area contributed by atoms with Crippen LogP contribution >= 0.6 is 0 Å². The molecule has 1 amide bonds. The van der Waals surface area contributed by atoms with Crippen LogP contribution in [0.1, 0.15) is 54.8 Å². The molecular weight excluding hydrogens is 440 g/mol. The molecule has 0 saturated carbocycles. The molecule has 1 saturated heterocycles. The van der Waals surface area contributed by atoms with E-state index in [0.717, 1.165) is 31.2 Å². The fourth-order valence-corrected chi connectivity index (χ4v) is 5.38. The SMILES string of the molecule is CC(CNC(=O)c1nc(-c2ccc(S(=O)(=O)N3CCCCCC3)cc2)no1)c1ccccc1. The smallest absolute Gasteiger partial charge is 0.316 e. The Kier molecular flexibility index (Phi) is 7.20. The molecule has 9 heteroatoms. The summed E-state index contributed by atoms with van der Waals surface area (Å²) in [5, 5.41) is 6.69. The number of hydrogen-bond donors (Lipinski definition) is 1. The van der Waals surface area contributed by atoms with Crippen molar-refractivity contribution in [1.29, 1.82) is 0 Å². The summed E-state index contributed by atoms with van der Waals surface area (Å²) in [5.41, 5.74) is 1.70. The van der Waals surface area contributed by atoms with E-state index in [4.69, 9.17) is 4.52 Å². The van der Waals surface area contributed by atoms with Gasteiger partial charge in [-0.2, -0.15) is 9.29 Å². The molecule has 1 aromatic heterocycles. The number of amides is 1. The van der Waals surface area contributed by atoms with Gasteiger partial charge in [-0.3, -0.25) is 4.79 Å². The average Bonchev–Trinajstić information content (AvgIpc) is 3.17. The van der Waals surface area contributed by atoms with Gasteiger partial charge in [0.2, 0.25) is 15.8 Å². The molecule has 4 rings (SSSR count). The van der Waals surface area contributed by atoms with E-state index in [-0.39, 0.29) is 22.5 Å². The molecule has 33 heavy (non-hydrogen) atoms. The van der Waals surface area contributed by atoms with Gasteiger partial charge >= 0.3 is 11.8 Å². The van der Waals surface area contributed by atoms with Gasteiger partial charge in [-0.05, 0) is 48.6 Å². The highest BCUT2D eigenvalue weighted by Crippen LogP contribution is 2.23. The number of hydrogen-bond acceptors (Lipinski definition) is 6. The monoisotopic (exact) mass is 468 g/mol. The molecule has 2 heterocycles. The van der Waals surface area contributed by atoms with Crippen LogP contribution in [0.4, 0.5) is 0 Å². The Hall–Kier alpha value is -3.04. The van der Waals surface area contributed by atoms with Gasteiger partial charge in [0.05, 0.1) is 4.90 Å². The van der Waals surface area contributed by atoms with Gasteiger partial charge in [0.1, 0.15) is 0 Å². The summed E-state index contributed by atoms with van der Waals surface area (Å²) >= 11 is 0. The van der Waals surface area contributed by atoms with Crippen LogP contribution in [0.15, 0.2) is 64.0 Å². The number of nitrogens with one attached hydrogen (secondary N) is 1. The zero-order valence-electron chi connectivity index (χ0n) is 18.6. The van der Waals surface area contributed by atoms with Crippen LogP contribution < -0.4 is 5.32 Å². The van der Waals surface area contributed by atoms with E-state index in [2.05, 4.69) is 15.5 Å². The topological polar surface area (TPSA) is 105 Å². The summed E-state index contributed by atoms with van der Waals surface area (Å²) in [7, 11) is -3.53. The quantitative estimate of drug-likeness (QED) is 0.565. The highest BCUT2D eigenvalue weighted by molar-refractivity contribution is 7.89. The number of benzene rings is 2. The van der Waals surface area contributed by atoms with E-state index in [1.807, 2.05) is 37.3 Å². The summed E-state index contributed by atoms with van der Waals surface area (Å²) in [6.45, 7) is 3.56. The summed E-state index contributed by atoms with van der Waals surface area (Å²) < 4.78 is 32.6. The predicted molar refractivity (Wildman–Crippen MR) is 124 cm³/mol. The van der Waals surface area contributed by atoms with Gasteiger partial charge in [0, 0.05) is 25.2 Å². The van der Waals surface area contributed by atoms with Crippen molar-refractivity contribution in [3.63, 3.8) is 0 Å². The van der Waals surface area contributed by atoms with Crippen LogP contribution in [0, 0.1) is 0 Å². The Bertz CT molecular complexity index is 1170. The van der Waals surface area contributed by atoms with E-state index < -0.39 is 15.9 Å². The lowest BCUT2D eigenvalue weighted by molar-refractivity contribution is 0.0908. The number of nitrogens with zero attached hydrogens (tertiary/aromatic N) is 3. The Morgan fingerprint density at radius 3 is 2.36 bits per heavy atom. The van der Waals surface area contributed by atoms with Gasteiger partial charge in [-0.25, -0.2) is 8.42 Å². The number of sulfonamides is 1. The maximum Gasteiger partial charge on any atom is 0.316 e. The molecule has 1 atom stereocenters. The molecule has 1 aliphatic heterocycles. The van der Waals surface area contributed by atoms with E-state index in [0.29, 0.717) is 25.2 Å². The molecule has 1 aliphatic rings. The van der Waals surface area contributed by atoms with E-state index >= 15 is 0 Å². The van der Waals surface area contributed by atoms with Crippen molar-refractivity contribution in [2.45, 2.75) is 43.4 Å². The third-order valence-corrected chi connectivity index (χ3v) is 7.79. The van der Waals surface area contributed by atoms with Crippen molar-refractivity contribution in [1.82, 2.24) is 19.8 Å². The third kappa shape index (κ3) is 5.48. The summed E-state index contributed by atoms with van der Waals surface area (Å²) in [6.07, 6.45) is 3.89. The lowest BCUT2D eigenvalue weighted by Crippen LogP contribution is -2.31. The summed E-state index contributed by atoms with van der Waals surface area (Å²) in [6, 6.07) is 16.3. The second kappa shape index (κ2) is 10.3. The minimum Gasteiger partial charge on any atom is -0.347 e. The molecule has 3 aromatic rings. The molecular formula is C24H28N4O4S. The predicted octanol–water partition coefficient (Wildman–Crippen LogP) is 3.83. The van der Waals surface area contributed by atoms with Crippen LogP contribution in [0.5, 0.6) is 0 Å². The van der Waals surface area contributed by atoms with Crippen molar-refractivity contribution in [2.75, 3.05) is 19.6 Å². The molecule has 1 fully saturated rings. The van der Waals surface area contributed by atoms with Crippen molar-refractivity contribution < 1.29 is 17.7 Å². The first kappa shape index (κ1) is 23.1. The standard InChI is InChI=1S/C24H28N4O4S/c1-18(19-9-5-4-6-10-19)17-25-23(29)24-26-22(27-32-24)20-11-13-21(14-12-20)33(30,31)28-15-7-2-3-8-16-28/h4-6,9-14,18H,2-3,7-8,15-17H2,1H3,(H,25,29). The molecule has 0 aliphatic carbocycles. The molecule has 2 aromatic carbocycles. The van der Waals surface area contributed by atoms with Gasteiger partial charge in [0.25, 0.3) is 0 Å². The van der Waals surface area contributed by atoms with Crippen LogP contribution in [-0.4, -0.2) is 48.4 Å². The fraction of sp³-hybridized carbons (Fsp3) is 0.375. The van der Waals surface area contributed by atoms with Gasteiger partial charge in [-0.1, -0.05) is 55.3 Å². The van der Waals surface area contributed by atoms with Crippen LogP contribution in [0.3, 0.4) is 0 Å². The maximum atomic E-state index is 12.9. The largest absolute Gasteiger partial charge is 0.347 e. The first-order valence-corrected chi connectivity index (χ1v) is 12.7. The highest BCUT2D eigenvalue weighted by atomic mass is 32.2. The van der Waals surface area contributed by atoms with Crippen molar-refractivity contribution in [3.05, 3.63) is 66.1 Å². The first-order chi connectivity index (χ1) is 15.9. The molecule has 0 radical (unpaired) electrons. The fourth-order valence-electron chi connectivity index (χ4n) is 3.86. The Morgan fingerprint density at radius 2 is 1.70 bits per heavy atom. The second-order valence-corrected chi connectivity index (χ2v) is 10.2. The minimum atomic E-state index is -3.53. The number of carbonyl (C=O) groups is 1. The number of aromatic nitrogens is 2. The second-order valence-electron chi connectivity index (χ2n) is 8.29. The lowest BCUT2D eigenvalue weighted by Gasteiger charge is -2.19. The first-order valence-electron chi connectivity index (χ1n) is 11.2. The number of rotatable bonds is 7. The molecule has 8 nitrogen and oxygen atoms in total. The molecule has 0 bridgehead atoms. The lowest BCUT2D eigenvalue weighted by atomic mass is 10.0. The van der Waals surface area contributed by atoms with E-state index in [1.165, 1.54) is 0 Å². The van der Waals surface area contributed by atoms with Crippen LogP contribution in [0.2, 0.25) is 0 Å². The Balaban J connectivity index is 1.40. The summed E-state index contributed by atoms with van der Waals surface area (Å²) in [5.74, 6) is -0.213. The van der Waals surface area contributed by atoms with Gasteiger partial charge < -0.3 is 9.84 Å². The zero-order chi connectivity index (χ0) is 23.3. The Morgan fingerprint density at radius 1 is 1.03 bits per heavy atom. The summed E-state index contributed by atoms with van der Waals surface area (Å²) in [4.78, 5) is 16.8. The maximum absolute atomic E-state index is 12.9. The molecule has 0 spiro atoms. The molecule has 174 valence electrons. The Labute approximate surface area is 194 Å². The normalized spacial score (nSPS) is 16.2. The van der Waals surface area contributed by atoms with Crippen LogP contribution in [-0.2, 0) is 10.0 Å². The van der Waals surface area contributed by atoms with E-state index in [1.54, 1.807) is 28.6 Å². The van der Waals surface area contributed by atoms with Gasteiger partial charge in [0.15, 0.2) is 0 Å². The van der Waals surface area contributed by atoms with Crippen molar-refractivity contribution in [2.24, 2.45) is 0 Å². The third-order valence-electron chi connectivity index (χ3n) is 5.87. The van der Waals surface area contributed by atoms with Crippen LogP contribution in [0.25, 0.3) is 11.4 Å². The van der Waals surface area contributed by atoms with Gasteiger partial charge in [-0.15, -0.1) is 0 Å². The minimum absolute atomic E-state index is 0.133. The zero-order valence-corrected chi connectivity index (χ0v) is 19.4. The highest BCUT2D eigenvalue weighted by Gasteiger charge is 2.25. The number of carbonyl (C=O) groups excluding carboxylic acids is 1. The van der Waals surface area contributed by atoms with E-state index in [9.17, 15) is 13.2 Å².